The quantitative estimate of drug-likeness (QED) is 0.450. The van der Waals surface area contributed by atoms with Crippen LogP contribution in [0.3, 0.4) is 0 Å². The molecule has 0 aromatic rings. The SMILES string of the molecule is [CH2-]C([CH2-])C.[Y]. The van der Waals surface area contributed by atoms with Gasteiger partial charge < -0.3 is 19.8 Å². The third-order valence-corrected chi connectivity index (χ3v) is 0. The van der Waals surface area contributed by atoms with E-state index in [1.165, 1.54) is 0 Å². The van der Waals surface area contributed by atoms with Gasteiger partial charge in [-0.25, -0.2) is 0 Å². The van der Waals surface area contributed by atoms with Crippen LogP contribution in [-0.2, 0) is 32.7 Å². The summed E-state index contributed by atoms with van der Waals surface area (Å²) in [5.74, 6) is 0.333. The predicted octanol–water partition coefficient (Wildman–Crippen LogP) is 1.29. The van der Waals surface area contributed by atoms with Crippen molar-refractivity contribution in [2.24, 2.45) is 5.92 Å². The molecule has 0 unspecified atom stereocenters. The van der Waals surface area contributed by atoms with Crippen LogP contribution in [0.1, 0.15) is 6.92 Å². The summed E-state index contributed by atoms with van der Waals surface area (Å²) in [5.41, 5.74) is 0. The molecule has 0 fully saturated rings. The van der Waals surface area contributed by atoms with Crippen LogP contribution >= 0.6 is 0 Å². The third-order valence-electron chi connectivity index (χ3n) is 0. The average molecular weight is 145 g/mol. The van der Waals surface area contributed by atoms with Crippen LogP contribution in [0.15, 0.2) is 0 Å². The van der Waals surface area contributed by atoms with Gasteiger partial charge in [0.2, 0.25) is 0 Å². The van der Waals surface area contributed by atoms with Crippen LogP contribution < -0.4 is 0 Å². The van der Waals surface area contributed by atoms with Crippen LogP contribution in [0.4, 0.5) is 0 Å². The van der Waals surface area contributed by atoms with E-state index in [1.807, 2.05) is 6.92 Å². The van der Waals surface area contributed by atoms with Gasteiger partial charge in [-0.3, -0.25) is 0 Å². The van der Waals surface area contributed by atoms with E-state index < -0.39 is 0 Å². The van der Waals surface area contributed by atoms with Crippen LogP contribution in [-0.4, -0.2) is 0 Å². The van der Waals surface area contributed by atoms with Gasteiger partial charge in [-0.2, -0.15) is 0 Å². The Hall–Kier alpha value is 1.10. The van der Waals surface area contributed by atoms with Gasteiger partial charge in [0.05, 0.1) is 0 Å². The van der Waals surface area contributed by atoms with Crippen molar-refractivity contribution in [1.29, 1.82) is 0 Å². The molecule has 1 radical (unpaired) electrons. The molecule has 29 valence electrons. The maximum absolute atomic E-state index is 3.53. The predicted molar refractivity (Wildman–Crippen MR) is 19.9 cm³/mol. The molecule has 0 aliphatic carbocycles. The van der Waals surface area contributed by atoms with Gasteiger partial charge in [-0.15, -0.1) is 6.92 Å². The van der Waals surface area contributed by atoms with E-state index in [9.17, 15) is 0 Å². The fraction of sp³-hybridized carbons (Fsp3) is 0.500. The Morgan fingerprint density at radius 2 is 1.40 bits per heavy atom. The first-order valence-corrected chi connectivity index (χ1v) is 1.39. The maximum atomic E-state index is 3.53. The molecule has 0 aromatic heterocycles. The molecule has 0 rings (SSSR count). The van der Waals surface area contributed by atoms with Crippen molar-refractivity contribution in [2.75, 3.05) is 0 Å². The third kappa shape index (κ3) is 40.4. The first kappa shape index (κ1) is 9.44. The second-order valence-corrected chi connectivity index (χ2v) is 1.11. The first-order chi connectivity index (χ1) is 1.73. The van der Waals surface area contributed by atoms with Gasteiger partial charge >= 0.3 is 0 Å². The molecular formula is C4H8Y-2. The normalized spacial score (nSPS) is 7.20. The Bertz CT molecular complexity index is 8.36. The van der Waals surface area contributed by atoms with E-state index in [2.05, 4.69) is 13.8 Å². The summed E-state index contributed by atoms with van der Waals surface area (Å²) < 4.78 is 0. The van der Waals surface area contributed by atoms with E-state index in [0.29, 0.717) is 5.92 Å². The molecule has 5 heavy (non-hydrogen) atoms. The molecule has 0 bridgehead atoms. The van der Waals surface area contributed by atoms with Gasteiger partial charge in [0, 0.05) is 32.7 Å². The van der Waals surface area contributed by atoms with Gasteiger partial charge in [-0.1, -0.05) is 0 Å². The Kier molecular flexibility index (Phi) is 9.64. The number of hydrogen-bond acceptors (Lipinski definition) is 0. The average Bonchev–Trinajstić information content (AvgIpc) is 0.811. The molecule has 0 saturated carbocycles. The van der Waals surface area contributed by atoms with Crippen LogP contribution in [0.2, 0.25) is 0 Å². The summed E-state index contributed by atoms with van der Waals surface area (Å²) in [7, 11) is 0. The van der Waals surface area contributed by atoms with Crippen LogP contribution in [0.25, 0.3) is 0 Å². The molecule has 0 amide bonds. The zero-order valence-electron chi connectivity index (χ0n) is 3.57. The van der Waals surface area contributed by atoms with E-state index >= 15 is 0 Å². The Balaban J connectivity index is 0. The van der Waals surface area contributed by atoms with Gasteiger partial charge in [0.1, 0.15) is 0 Å². The molecule has 0 nitrogen and oxygen atoms in total. The van der Waals surface area contributed by atoms with Crippen molar-refractivity contribution in [1.82, 2.24) is 0 Å². The summed E-state index contributed by atoms with van der Waals surface area (Å²) in [6, 6.07) is 0. The zero-order valence-corrected chi connectivity index (χ0v) is 6.41. The summed E-state index contributed by atoms with van der Waals surface area (Å²) in [4.78, 5) is 0. The van der Waals surface area contributed by atoms with Crippen molar-refractivity contribution < 1.29 is 32.7 Å². The zero-order chi connectivity index (χ0) is 3.58. The Morgan fingerprint density at radius 1 is 1.40 bits per heavy atom. The van der Waals surface area contributed by atoms with E-state index in [-0.39, 0.29) is 32.7 Å². The largest absolute Gasteiger partial charge is 0.370 e. The summed E-state index contributed by atoms with van der Waals surface area (Å²) in [6.07, 6.45) is 0. The smallest absolute Gasteiger partial charge is 0 e. The molecule has 1 heteroatoms. The Labute approximate surface area is 59.2 Å². The Morgan fingerprint density at radius 3 is 1.40 bits per heavy atom. The molecule has 0 N–H and O–H groups in total. The first-order valence-electron chi connectivity index (χ1n) is 1.39. The van der Waals surface area contributed by atoms with Crippen LogP contribution in [0.5, 0.6) is 0 Å². The summed E-state index contributed by atoms with van der Waals surface area (Å²) in [6.45, 7) is 9.00. The molecule has 0 atom stereocenters. The minimum absolute atomic E-state index is 0. The van der Waals surface area contributed by atoms with Crippen molar-refractivity contribution in [3.8, 4) is 0 Å². The molecule has 0 saturated heterocycles. The number of rotatable bonds is 0. The monoisotopic (exact) mass is 145 g/mol. The summed E-state index contributed by atoms with van der Waals surface area (Å²) in [5, 5.41) is 0. The fourth-order valence-corrected chi connectivity index (χ4v) is 0. The molecule has 0 spiro atoms. The number of hydrogen-bond donors (Lipinski definition) is 0. The topological polar surface area (TPSA) is 0 Å². The van der Waals surface area contributed by atoms with Crippen LogP contribution in [0, 0.1) is 19.8 Å². The molecule has 0 heterocycles. The second-order valence-electron chi connectivity index (χ2n) is 1.11. The van der Waals surface area contributed by atoms with Gasteiger partial charge in [-0.05, 0) is 0 Å². The molecule has 0 aliphatic heterocycles. The van der Waals surface area contributed by atoms with Gasteiger partial charge in [0.25, 0.3) is 0 Å². The van der Waals surface area contributed by atoms with Gasteiger partial charge in [0.15, 0.2) is 0 Å². The standard InChI is InChI=1S/C4H8.Y/c1-4(2)3;/h4H,1-2H2,3H3;/q-2;. The van der Waals surface area contributed by atoms with E-state index in [4.69, 9.17) is 0 Å². The fourth-order valence-electron chi connectivity index (χ4n) is 0. The minimum atomic E-state index is 0. The van der Waals surface area contributed by atoms with Crippen molar-refractivity contribution in [3.63, 3.8) is 0 Å². The van der Waals surface area contributed by atoms with E-state index in [1.54, 1.807) is 0 Å². The molecule has 0 aliphatic rings. The molecular weight excluding hydrogens is 137 g/mol. The molecule has 0 aromatic carbocycles. The van der Waals surface area contributed by atoms with Crippen molar-refractivity contribution in [2.45, 2.75) is 6.92 Å². The minimum Gasteiger partial charge on any atom is -0.370 e. The second kappa shape index (κ2) is 5.10. The van der Waals surface area contributed by atoms with Crippen molar-refractivity contribution >= 4 is 0 Å². The summed E-state index contributed by atoms with van der Waals surface area (Å²) >= 11 is 0. The maximum Gasteiger partial charge on any atom is 0 e. The van der Waals surface area contributed by atoms with E-state index in [0.717, 1.165) is 0 Å². The van der Waals surface area contributed by atoms with Crippen molar-refractivity contribution in [3.05, 3.63) is 13.8 Å².